The van der Waals surface area contributed by atoms with Gasteiger partial charge in [-0.1, -0.05) is 54.6 Å². The van der Waals surface area contributed by atoms with Gasteiger partial charge in [-0.15, -0.1) is 0 Å². The van der Waals surface area contributed by atoms with Gasteiger partial charge in [-0.25, -0.2) is 0 Å². The molecule has 4 heteroatoms. The lowest BCUT2D eigenvalue weighted by molar-refractivity contribution is -0.117. The normalized spacial score (nSPS) is 16.5. The molecule has 0 bridgehead atoms. The van der Waals surface area contributed by atoms with Crippen molar-refractivity contribution in [2.75, 3.05) is 32.8 Å². The highest BCUT2D eigenvalue weighted by atomic mass is 16.5. The van der Waals surface area contributed by atoms with E-state index < -0.39 is 0 Å². The molecule has 1 saturated heterocycles. The van der Waals surface area contributed by atoms with Crippen LogP contribution in [0, 0.1) is 6.92 Å². The number of nitrogens with zero attached hydrogens (tertiary/aromatic N) is 1. The number of amides is 1. The highest BCUT2D eigenvalue weighted by Crippen LogP contribution is 2.16. The van der Waals surface area contributed by atoms with Crippen LogP contribution in [0.1, 0.15) is 22.7 Å². The van der Waals surface area contributed by atoms with Crippen LogP contribution < -0.4 is 5.32 Å². The number of hydrogen-bond donors (Lipinski definition) is 1. The van der Waals surface area contributed by atoms with E-state index in [1.54, 1.807) is 6.08 Å². The highest BCUT2D eigenvalue weighted by molar-refractivity contribution is 5.92. The van der Waals surface area contributed by atoms with Crippen molar-refractivity contribution < 1.29 is 9.53 Å². The second-order valence-corrected chi connectivity index (χ2v) is 6.57. The molecule has 0 aromatic heterocycles. The van der Waals surface area contributed by atoms with Crippen LogP contribution in [0.5, 0.6) is 0 Å². The molecule has 1 heterocycles. The van der Waals surface area contributed by atoms with Gasteiger partial charge >= 0.3 is 0 Å². The maximum Gasteiger partial charge on any atom is 0.244 e. The van der Waals surface area contributed by atoms with Crippen molar-refractivity contribution in [3.8, 4) is 0 Å². The monoisotopic (exact) mass is 350 g/mol. The van der Waals surface area contributed by atoms with Gasteiger partial charge in [0, 0.05) is 25.7 Å². The Morgan fingerprint density at radius 1 is 1.12 bits per heavy atom. The molecular formula is C22H26N2O2. The predicted octanol–water partition coefficient (Wildman–Crippen LogP) is 3.20. The van der Waals surface area contributed by atoms with Crippen LogP contribution in [-0.2, 0) is 9.53 Å². The standard InChI is InChI=1S/C22H26N2O2/c1-18-7-5-6-8-19(18)11-12-22(25)23-21(20-9-3-2-4-10-20)17-24-13-15-26-16-14-24/h2-12,21H,13-17H2,1H3,(H,23,25)/b12-11+. The number of ether oxygens (including phenoxy) is 1. The van der Waals surface area contributed by atoms with Crippen molar-refractivity contribution in [1.82, 2.24) is 10.2 Å². The van der Waals surface area contributed by atoms with Crippen LogP contribution in [0.25, 0.3) is 6.08 Å². The molecule has 0 saturated carbocycles. The SMILES string of the molecule is Cc1ccccc1/C=C/C(=O)NC(CN1CCOCC1)c1ccccc1. The van der Waals surface area contributed by atoms with E-state index in [1.165, 1.54) is 0 Å². The summed E-state index contributed by atoms with van der Waals surface area (Å²) in [5.74, 6) is -0.0737. The molecule has 1 aliphatic rings. The molecule has 1 unspecified atom stereocenters. The number of nitrogens with one attached hydrogen (secondary N) is 1. The number of hydrogen-bond acceptors (Lipinski definition) is 3. The summed E-state index contributed by atoms with van der Waals surface area (Å²) in [6.45, 7) is 6.14. The first kappa shape index (κ1) is 18.4. The highest BCUT2D eigenvalue weighted by Gasteiger charge is 2.19. The lowest BCUT2D eigenvalue weighted by Crippen LogP contribution is -2.42. The molecule has 0 radical (unpaired) electrons. The quantitative estimate of drug-likeness (QED) is 0.814. The zero-order valence-electron chi connectivity index (χ0n) is 15.2. The number of morpholine rings is 1. The summed E-state index contributed by atoms with van der Waals surface area (Å²) < 4.78 is 5.43. The largest absolute Gasteiger partial charge is 0.379 e. The molecule has 0 spiro atoms. The van der Waals surface area contributed by atoms with Gasteiger partial charge in [0.2, 0.25) is 5.91 Å². The minimum Gasteiger partial charge on any atom is -0.379 e. The van der Waals surface area contributed by atoms with Gasteiger partial charge in [-0.2, -0.15) is 0 Å². The molecule has 1 atom stereocenters. The third-order valence-corrected chi connectivity index (χ3v) is 4.67. The Kier molecular flexibility index (Phi) is 6.58. The van der Waals surface area contributed by atoms with Crippen LogP contribution in [0.15, 0.2) is 60.7 Å². The second kappa shape index (κ2) is 9.32. The molecule has 2 aromatic carbocycles. The van der Waals surface area contributed by atoms with Crippen LogP contribution in [0.2, 0.25) is 0 Å². The maximum atomic E-state index is 12.5. The minimum absolute atomic E-state index is 0.0386. The average molecular weight is 350 g/mol. The van der Waals surface area contributed by atoms with Crippen molar-refractivity contribution in [3.05, 3.63) is 77.4 Å². The third-order valence-electron chi connectivity index (χ3n) is 4.67. The first-order chi connectivity index (χ1) is 12.7. The average Bonchev–Trinajstić information content (AvgIpc) is 2.68. The molecule has 26 heavy (non-hydrogen) atoms. The van der Waals surface area contributed by atoms with Gasteiger partial charge in [0.05, 0.1) is 19.3 Å². The predicted molar refractivity (Wildman–Crippen MR) is 105 cm³/mol. The van der Waals surface area contributed by atoms with Crippen LogP contribution in [-0.4, -0.2) is 43.7 Å². The van der Waals surface area contributed by atoms with Crippen LogP contribution in [0.3, 0.4) is 0 Å². The van der Waals surface area contributed by atoms with Crippen LogP contribution in [0.4, 0.5) is 0 Å². The lowest BCUT2D eigenvalue weighted by Gasteiger charge is -2.31. The van der Waals surface area contributed by atoms with Crippen molar-refractivity contribution >= 4 is 12.0 Å². The maximum absolute atomic E-state index is 12.5. The fourth-order valence-electron chi connectivity index (χ4n) is 3.12. The first-order valence-electron chi connectivity index (χ1n) is 9.11. The fraction of sp³-hybridized carbons (Fsp3) is 0.318. The molecule has 1 N–H and O–H groups in total. The van der Waals surface area contributed by atoms with E-state index in [2.05, 4.69) is 22.3 Å². The smallest absolute Gasteiger partial charge is 0.244 e. The summed E-state index contributed by atoms with van der Waals surface area (Å²) in [6, 6.07) is 18.2. The minimum atomic E-state index is -0.0737. The molecule has 1 aliphatic heterocycles. The summed E-state index contributed by atoms with van der Waals surface area (Å²) in [5, 5.41) is 3.16. The number of carbonyl (C=O) groups is 1. The molecule has 3 rings (SSSR count). The number of aryl methyl sites for hydroxylation is 1. The third kappa shape index (κ3) is 5.28. The summed E-state index contributed by atoms with van der Waals surface area (Å²) >= 11 is 0. The second-order valence-electron chi connectivity index (χ2n) is 6.57. The van der Waals surface area contributed by atoms with Crippen LogP contribution >= 0.6 is 0 Å². The molecule has 1 fully saturated rings. The van der Waals surface area contributed by atoms with Gasteiger partial charge in [0.1, 0.15) is 0 Å². The number of carbonyl (C=O) groups excluding carboxylic acids is 1. The van der Waals surface area contributed by atoms with Gasteiger partial charge in [-0.3, -0.25) is 9.69 Å². The summed E-state index contributed by atoms with van der Waals surface area (Å²) in [7, 11) is 0. The Hall–Kier alpha value is -2.43. The van der Waals surface area contributed by atoms with E-state index in [4.69, 9.17) is 4.74 Å². The van der Waals surface area contributed by atoms with Crippen molar-refractivity contribution in [2.45, 2.75) is 13.0 Å². The summed E-state index contributed by atoms with van der Waals surface area (Å²) in [5.41, 5.74) is 3.34. The fourth-order valence-corrected chi connectivity index (χ4v) is 3.12. The molecule has 136 valence electrons. The summed E-state index contributed by atoms with van der Waals surface area (Å²) in [6.07, 6.45) is 3.50. The van der Waals surface area contributed by atoms with E-state index in [0.717, 1.165) is 49.5 Å². The Labute approximate surface area is 155 Å². The van der Waals surface area contributed by atoms with Crippen molar-refractivity contribution in [2.24, 2.45) is 0 Å². The molecule has 4 nitrogen and oxygen atoms in total. The van der Waals surface area contributed by atoms with Gasteiger partial charge in [0.25, 0.3) is 0 Å². The van der Waals surface area contributed by atoms with E-state index in [0.29, 0.717) is 0 Å². The number of benzene rings is 2. The van der Waals surface area contributed by atoms with E-state index in [-0.39, 0.29) is 11.9 Å². The number of rotatable bonds is 6. The lowest BCUT2D eigenvalue weighted by atomic mass is 10.1. The van der Waals surface area contributed by atoms with E-state index in [1.807, 2.05) is 55.5 Å². The first-order valence-corrected chi connectivity index (χ1v) is 9.11. The van der Waals surface area contributed by atoms with E-state index in [9.17, 15) is 4.79 Å². The zero-order chi connectivity index (χ0) is 18.2. The topological polar surface area (TPSA) is 41.6 Å². The summed E-state index contributed by atoms with van der Waals surface area (Å²) in [4.78, 5) is 14.9. The molecular weight excluding hydrogens is 324 g/mol. The van der Waals surface area contributed by atoms with Gasteiger partial charge in [-0.05, 0) is 29.7 Å². The zero-order valence-corrected chi connectivity index (χ0v) is 15.2. The van der Waals surface area contributed by atoms with Gasteiger partial charge in [0.15, 0.2) is 0 Å². The van der Waals surface area contributed by atoms with Crippen molar-refractivity contribution in [3.63, 3.8) is 0 Å². The Balaban J connectivity index is 1.68. The molecule has 0 aliphatic carbocycles. The van der Waals surface area contributed by atoms with Gasteiger partial charge < -0.3 is 10.1 Å². The molecule has 2 aromatic rings. The Morgan fingerprint density at radius 3 is 2.54 bits per heavy atom. The Bertz CT molecular complexity index is 737. The van der Waals surface area contributed by atoms with E-state index >= 15 is 0 Å². The Morgan fingerprint density at radius 2 is 1.81 bits per heavy atom. The molecule has 1 amide bonds. The van der Waals surface area contributed by atoms with Crippen molar-refractivity contribution in [1.29, 1.82) is 0 Å².